The third-order valence-corrected chi connectivity index (χ3v) is 5.01. The number of hydrogen-bond acceptors (Lipinski definition) is 5. The van der Waals surface area contributed by atoms with Crippen LogP contribution in [0.4, 0.5) is 0 Å². The fraction of sp³-hybridized carbons (Fsp3) is 0.727. The number of aliphatic hydroxyl groups excluding tert-OH is 1. The van der Waals surface area contributed by atoms with E-state index in [-0.39, 0.29) is 17.3 Å². The number of carbonyl (C=O) groups is 3. The molecule has 0 bridgehead atoms. The number of aliphatic hydroxyl groups is 1. The Kier molecular flexibility index (Phi) is 3.73. The van der Waals surface area contributed by atoms with Crippen molar-refractivity contribution in [3.05, 3.63) is 0 Å². The molecular formula is C11H16N2O5S. The average Bonchev–Trinajstić information content (AvgIpc) is 2.83. The molecule has 0 aromatic rings. The van der Waals surface area contributed by atoms with Crippen molar-refractivity contribution in [1.29, 1.82) is 0 Å². The number of fused-ring (bicyclic) bond motifs is 1. The van der Waals surface area contributed by atoms with Crippen molar-refractivity contribution in [3.63, 3.8) is 0 Å². The smallest absolute Gasteiger partial charge is 0.334 e. The molecule has 0 spiro atoms. The van der Waals surface area contributed by atoms with Gasteiger partial charge in [-0.15, -0.1) is 11.8 Å². The second kappa shape index (κ2) is 5.01. The molecule has 0 aromatic heterocycles. The molecule has 0 radical (unpaired) electrons. The van der Waals surface area contributed by atoms with E-state index in [1.807, 2.05) is 6.92 Å². The molecule has 106 valence electrons. The number of aliphatic carboxylic acids is 1. The number of carboxylic acids is 1. The number of carbonyl (C=O) groups excluding carboxylic acids is 2. The lowest BCUT2D eigenvalue weighted by atomic mass is 10.2. The van der Waals surface area contributed by atoms with E-state index >= 15 is 0 Å². The van der Waals surface area contributed by atoms with Crippen LogP contribution in [0.2, 0.25) is 0 Å². The minimum Gasteiger partial charge on any atom is -0.479 e. The average molecular weight is 288 g/mol. The molecule has 2 amide bonds. The number of amides is 2. The summed E-state index contributed by atoms with van der Waals surface area (Å²) in [6, 6.07) is -0.578. The van der Waals surface area contributed by atoms with Gasteiger partial charge in [0.1, 0.15) is 6.04 Å². The fourth-order valence-corrected chi connectivity index (χ4v) is 3.85. The van der Waals surface area contributed by atoms with Gasteiger partial charge in [0.15, 0.2) is 6.10 Å². The Balaban J connectivity index is 1.97. The molecule has 3 N–H and O–H groups in total. The molecule has 0 aromatic carbocycles. The highest BCUT2D eigenvalue weighted by Gasteiger charge is 2.52. The van der Waals surface area contributed by atoms with Gasteiger partial charge in [0.2, 0.25) is 11.8 Å². The number of rotatable bonds is 4. The van der Waals surface area contributed by atoms with Gasteiger partial charge in [0, 0.05) is 12.2 Å². The maximum atomic E-state index is 12.0. The van der Waals surface area contributed by atoms with Crippen LogP contribution in [-0.4, -0.2) is 62.2 Å². The van der Waals surface area contributed by atoms with Crippen molar-refractivity contribution < 1.29 is 24.6 Å². The third-order valence-electron chi connectivity index (χ3n) is 3.50. The molecule has 2 saturated heterocycles. The zero-order chi connectivity index (χ0) is 14.2. The molecule has 2 heterocycles. The summed E-state index contributed by atoms with van der Waals surface area (Å²) in [6.07, 6.45) is -0.470. The summed E-state index contributed by atoms with van der Waals surface area (Å²) in [5.74, 6) is -1.35. The van der Waals surface area contributed by atoms with Gasteiger partial charge in [-0.1, -0.05) is 0 Å². The van der Waals surface area contributed by atoms with Crippen molar-refractivity contribution in [2.75, 3.05) is 12.3 Å². The van der Waals surface area contributed by atoms with Crippen LogP contribution in [0.5, 0.6) is 0 Å². The van der Waals surface area contributed by atoms with Gasteiger partial charge in [-0.05, 0) is 13.3 Å². The third kappa shape index (κ3) is 2.55. The molecule has 19 heavy (non-hydrogen) atoms. The molecule has 7 nitrogen and oxygen atoms in total. The summed E-state index contributed by atoms with van der Waals surface area (Å²) in [7, 11) is 0. The lowest BCUT2D eigenvalue weighted by Gasteiger charge is -2.29. The van der Waals surface area contributed by atoms with E-state index in [1.54, 1.807) is 16.7 Å². The van der Waals surface area contributed by atoms with Crippen molar-refractivity contribution in [2.24, 2.45) is 0 Å². The van der Waals surface area contributed by atoms with Crippen LogP contribution in [0.25, 0.3) is 0 Å². The quantitative estimate of drug-likeness (QED) is 0.613. The van der Waals surface area contributed by atoms with Crippen molar-refractivity contribution in [3.8, 4) is 0 Å². The van der Waals surface area contributed by atoms with E-state index in [1.165, 1.54) is 0 Å². The van der Waals surface area contributed by atoms with Gasteiger partial charge in [-0.25, -0.2) is 4.79 Å². The van der Waals surface area contributed by atoms with E-state index in [4.69, 9.17) is 10.2 Å². The Morgan fingerprint density at radius 2 is 2.32 bits per heavy atom. The highest BCUT2D eigenvalue weighted by Crippen LogP contribution is 2.47. The van der Waals surface area contributed by atoms with E-state index < -0.39 is 24.0 Å². The number of thioether (sulfide) groups is 1. The van der Waals surface area contributed by atoms with Crippen LogP contribution >= 0.6 is 11.8 Å². The first-order chi connectivity index (χ1) is 8.85. The largest absolute Gasteiger partial charge is 0.479 e. The summed E-state index contributed by atoms with van der Waals surface area (Å²) in [6.45, 7) is 1.58. The molecule has 2 rings (SSSR count). The Morgan fingerprint density at radius 1 is 1.63 bits per heavy atom. The number of hydrogen-bond donors (Lipinski definition) is 3. The van der Waals surface area contributed by atoms with Crippen LogP contribution in [0.1, 0.15) is 19.8 Å². The summed E-state index contributed by atoms with van der Waals surface area (Å²) in [4.78, 5) is 35.5. The van der Waals surface area contributed by atoms with Gasteiger partial charge in [0.25, 0.3) is 0 Å². The molecule has 2 unspecified atom stereocenters. The van der Waals surface area contributed by atoms with E-state index in [2.05, 4.69) is 5.32 Å². The predicted octanol–water partition coefficient (Wildman–Crippen LogP) is -0.998. The molecule has 0 aliphatic carbocycles. The van der Waals surface area contributed by atoms with E-state index in [0.29, 0.717) is 12.2 Å². The van der Waals surface area contributed by atoms with Gasteiger partial charge in [-0.3, -0.25) is 9.59 Å². The molecule has 2 aliphatic heterocycles. The summed E-state index contributed by atoms with van der Waals surface area (Å²) in [5.41, 5.74) is 0. The summed E-state index contributed by atoms with van der Waals surface area (Å²) >= 11 is 1.56. The van der Waals surface area contributed by atoms with Crippen LogP contribution in [0.15, 0.2) is 0 Å². The van der Waals surface area contributed by atoms with Crippen molar-refractivity contribution in [2.45, 2.75) is 36.8 Å². The first-order valence-corrected chi connectivity index (χ1v) is 6.98. The lowest BCUT2D eigenvalue weighted by molar-refractivity contribution is -0.147. The standard InChI is InChI=1S/C11H16N2O5S/c1-11-3-2-8(15)13(11)6(5-19-11)9(16)12-4-7(14)10(17)18/h6-7,14H,2-5H2,1H3,(H,12,16)(H,17,18)/t6?,7-,11?/m0/s1. The highest BCUT2D eigenvalue weighted by molar-refractivity contribution is 8.01. The van der Waals surface area contributed by atoms with Gasteiger partial charge in [-0.2, -0.15) is 0 Å². The molecular weight excluding hydrogens is 272 g/mol. The fourth-order valence-electron chi connectivity index (χ4n) is 2.42. The van der Waals surface area contributed by atoms with Crippen LogP contribution in [0, 0.1) is 0 Å². The maximum Gasteiger partial charge on any atom is 0.334 e. The van der Waals surface area contributed by atoms with Crippen LogP contribution in [-0.2, 0) is 14.4 Å². The second-order valence-electron chi connectivity index (χ2n) is 4.86. The molecule has 2 aliphatic rings. The Bertz CT molecular complexity index is 429. The van der Waals surface area contributed by atoms with Crippen LogP contribution < -0.4 is 5.32 Å². The molecule has 0 saturated carbocycles. The zero-order valence-corrected chi connectivity index (χ0v) is 11.3. The zero-order valence-electron chi connectivity index (χ0n) is 10.5. The van der Waals surface area contributed by atoms with Gasteiger partial charge < -0.3 is 20.4 Å². The molecule has 8 heteroatoms. The monoisotopic (exact) mass is 288 g/mol. The molecule has 3 atom stereocenters. The predicted molar refractivity (Wildman–Crippen MR) is 67.4 cm³/mol. The minimum absolute atomic E-state index is 0.0496. The highest BCUT2D eigenvalue weighted by atomic mass is 32.2. The lowest BCUT2D eigenvalue weighted by Crippen LogP contribution is -2.51. The minimum atomic E-state index is -1.63. The number of nitrogens with zero attached hydrogens (tertiary/aromatic N) is 1. The Morgan fingerprint density at radius 3 is 2.95 bits per heavy atom. The number of carboxylic acid groups (broad SMARTS) is 1. The van der Waals surface area contributed by atoms with Crippen molar-refractivity contribution >= 4 is 29.5 Å². The topological polar surface area (TPSA) is 107 Å². The number of nitrogens with one attached hydrogen (secondary N) is 1. The normalized spacial score (nSPS) is 31.2. The first-order valence-electron chi connectivity index (χ1n) is 6.00. The summed E-state index contributed by atoms with van der Waals surface area (Å²) < 4.78 is 0. The second-order valence-corrected chi connectivity index (χ2v) is 6.37. The van der Waals surface area contributed by atoms with Gasteiger partial charge >= 0.3 is 5.97 Å². The first kappa shape index (κ1) is 14.1. The van der Waals surface area contributed by atoms with E-state index in [9.17, 15) is 14.4 Å². The Hall–Kier alpha value is -1.28. The van der Waals surface area contributed by atoms with Gasteiger partial charge in [0.05, 0.1) is 11.4 Å². The molecule has 2 fully saturated rings. The maximum absolute atomic E-state index is 12.0. The van der Waals surface area contributed by atoms with E-state index in [0.717, 1.165) is 6.42 Å². The SMILES string of the molecule is CC12CCC(=O)N1C(C(=O)NC[C@H](O)C(=O)O)CS2. The summed E-state index contributed by atoms with van der Waals surface area (Å²) in [5, 5.41) is 20.0. The van der Waals surface area contributed by atoms with Crippen LogP contribution in [0.3, 0.4) is 0 Å². The van der Waals surface area contributed by atoms with Crippen molar-refractivity contribution in [1.82, 2.24) is 10.2 Å². The Labute approximate surface area is 114 Å².